The topological polar surface area (TPSA) is 95.2 Å². The Morgan fingerprint density at radius 2 is 1.92 bits per heavy atom. The second-order valence-corrected chi connectivity index (χ2v) is 7.45. The lowest BCUT2D eigenvalue weighted by Gasteiger charge is -2.12. The van der Waals surface area contributed by atoms with E-state index in [1.54, 1.807) is 29.2 Å². The molecule has 1 amide bonds. The molecule has 8 heteroatoms. The number of carbonyl (C=O) groups excluding carboxylic acids is 1. The summed E-state index contributed by atoms with van der Waals surface area (Å²) >= 11 is 0. The number of sulfonamides is 1. The summed E-state index contributed by atoms with van der Waals surface area (Å²) in [5.74, 6) is -0.00129. The van der Waals surface area contributed by atoms with Gasteiger partial charge in [0.05, 0.1) is 4.90 Å². The SMILES string of the molecule is CCc1ccc(S(=O)(=O)Nc2cc(C(=O)N3CCCC3)n[nH]2)cc1. The highest BCUT2D eigenvalue weighted by molar-refractivity contribution is 7.92. The highest BCUT2D eigenvalue weighted by Gasteiger charge is 2.23. The van der Waals surface area contributed by atoms with Gasteiger partial charge in [0.2, 0.25) is 0 Å². The fourth-order valence-electron chi connectivity index (χ4n) is 2.67. The van der Waals surface area contributed by atoms with Crippen LogP contribution in [0.2, 0.25) is 0 Å². The van der Waals surface area contributed by atoms with E-state index in [4.69, 9.17) is 0 Å². The summed E-state index contributed by atoms with van der Waals surface area (Å²) in [5.41, 5.74) is 1.28. The smallest absolute Gasteiger partial charge is 0.274 e. The third-order valence-corrected chi connectivity index (χ3v) is 5.46. The quantitative estimate of drug-likeness (QED) is 0.864. The van der Waals surface area contributed by atoms with Crippen LogP contribution in [0.15, 0.2) is 35.2 Å². The Kier molecular flexibility index (Phi) is 4.57. The maximum absolute atomic E-state index is 12.4. The highest BCUT2D eigenvalue weighted by atomic mass is 32.2. The van der Waals surface area contributed by atoms with Crippen LogP contribution in [0.4, 0.5) is 5.82 Å². The van der Waals surface area contributed by atoms with Gasteiger partial charge < -0.3 is 4.90 Å². The lowest BCUT2D eigenvalue weighted by atomic mass is 10.2. The van der Waals surface area contributed by atoms with Crippen molar-refractivity contribution in [3.63, 3.8) is 0 Å². The van der Waals surface area contributed by atoms with Crippen LogP contribution in [0, 0.1) is 0 Å². The van der Waals surface area contributed by atoms with E-state index in [0.29, 0.717) is 0 Å². The molecular weight excluding hydrogens is 328 g/mol. The third-order valence-electron chi connectivity index (χ3n) is 4.08. The molecule has 0 aliphatic carbocycles. The van der Waals surface area contributed by atoms with E-state index in [1.807, 2.05) is 6.92 Å². The van der Waals surface area contributed by atoms with Gasteiger partial charge in [-0.3, -0.25) is 14.6 Å². The molecule has 2 heterocycles. The Hall–Kier alpha value is -2.35. The summed E-state index contributed by atoms with van der Waals surface area (Å²) in [6.45, 7) is 3.44. The maximum Gasteiger partial charge on any atom is 0.274 e. The minimum Gasteiger partial charge on any atom is -0.337 e. The number of H-pyrrole nitrogens is 1. The molecule has 2 aromatic rings. The zero-order valence-corrected chi connectivity index (χ0v) is 14.3. The largest absolute Gasteiger partial charge is 0.337 e. The van der Waals surface area contributed by atoms with Gasteiger partial charge in [-0.2, -0.15) is 5.10 Å². The summed E-state index contributed by atoms with van der Waals surface area (Å²) in [5, 5.41) is 6.49. The van der Waals surface area contributed by atoms with Crippen molar-refractivity contribution in [3.8, 4) is 0 Å². The monoisotopic (exact) mass is 348 g/mol. The number of anilines is 1. The fraction of sp³-hybridized carbons (Fsp3) is 0.375. The number of nitrogens with zero attached hydrogens (tertiary/aromatic N) is 2. The molecule has 7 nitrogen and oxygen atoms in total. The molecule has 1 aliphatic heterocycles. The summed E-state index contributed by atoms with van der Waals surface area (Å²) in [6, 6.07) is 8.12. The van der Waals surface area contributed by atoms with Crippen molar-refractivity contribution in [1.82, 2.24) is 15.1 Å². The molecular formula is C16H20N4O3S. The van der Waals surface area contributed by atoms with Crippen molar-refractivity contribution in [3.05, 3.63) is 41.6 Å². The zero-order valence-electron chi connectivity index (χ0n) is 13.4. The normalized spacial score (nSPS) is 14.8. The minimum atomic E-state index is -3.72. The van der Waals surface area contributed by atoms with Crippen molar-refractivity contribution >= 4 is 21.7 Å². The van der Waals surface area contributed by atoms with Crippen molar-refractivity contribution in [1.29, 1.82) is 0 Å². The van der Waals surface area contributed by atoms with Gasteiger partial charge in [-0.1, -0.05) is 19.1 Å². The molecule has 0 radical (unpaired) electrons. The second kappa shape index (κ2) is 6.64. The van der Waals surface area contributed by atoms with Gasteiger partial charge in [0.25, 0.3) is 15.9 Å². The Balaban J connectivity index is 1.74. The van der Waals surface area contributed by atoms with Crippen molar-refractivity contribution in [2.75, 3.05) is 17.8 Å². The van der Waals surface area contributed by atoms with Gasteiger partial charge in [-0.25, -0.2) is 8.42 Å². The first-order chi connectivity index (χ1) is 11.5. The summed E-state index contributed by atoms with van der Waals surface area (Å²) in [6.07, 6.45) is 2.82. The Morgan fingerprint density at radius 3 is 2.54 bits per heavy atom. The first-order valence-corrected chi connectivity index (χ1v) is 9.44. The minimum absolute atomic E-state index is 0.168. The predicted molar refractivity (Wildman–Crippen MR) is 90.4 cm³/mol. The van der Waals surface area contributed by atoms with Gasteiger partial charge in [0, 0.05) is 19.2 Å². The number of rotatable bonds is 5. The van der Waals surface area contributed by atoms with Crippen LogP contribution in [0.25, 0.3) is 0 Å². The average Bonchev–Trinajstić information content (AvgIpc) is 3.25. The first kappa shape index (κ1) is 16.5. The van der Waals surface area contributed by atoms with Crippen molar-refractivity contribution in [2.45, 2.75) is 31.1 Å². The maximum atomic E-state index is 12.4. The molecule has 2 N–H and O–H groups in total. The number of amides is 1. The van der Waals surface area contributed by atoms with Gasteiger partial charge >= 0.3 is 0 Å². The Labute approximate surface area is 141 Å². The van der Waals surface area contributed by atoms with Gasteiger partial charge in [0.15, 0.2) is 5.69 Å². The molecule has 128 valence electrons. The summed E-state index contributed by atoms with van der Waals surface area (Å²) < 4.78 is 27.2. The molecule has 1 fully saturated rings. The van der Waals surface area contributed by atoms with E-state index in [1.165, 1.54) is 6.07 Å². The molecule has 24 heavy (non-hydrogen) atoms. The molecule has 1 aromatic carbocycles. The molecule has 1 aliphatic rings. The molecule has 0 unspecified atom stereocenters. The average molecular weight is 348 g/mol. The molecule has 0 saturated carbocycles. The highest BCUT2D eigenvalue weighted by Crippen LogP contribution is 2.18. The number of hydrogen-bond acceptors (Lipinski definition) is 4. The number of aromatic amines is 1. The van der Waals surface area contributed by atoms with Gasteiger partial charge in [0.1, 0.15) is 5.82 Å². The molecule has 0 bridgehead atoms. The van der Waals surface area contributed by atoms with E-state index < -0.39 is 10.0 Å². The van der Waals surface area contributed by atoms with Crippen molar-refractivity contribution < 1.29 is 13.2 Å². The number of hydrogen-bond donors (Lipinski definition) is 2. The van der Waals surface area contributed by atoms with Crippen LogP contribution < -0.4 is 4.72 Å². The first-order valence-electron chi connectivity index (χ1n) is 7.96. The number of nitrogens with one attached hydrogen (secondary N) is 2. The standard InChI is InChI=1S/C16H20N4O3S/c1-2-12-5-7-13(8-6-12)24(22,23)19-15-11-14(17-18-15)16(21)20-9-3-4-10-20/h5-8,11H,2-4,9-10H2,1H3,(H2,17,18,19). The van der Waals surface area contributed by atoms with E-state index >= 15 is 0 Å². The number of aromatic nitrogens is 2. The zero-order chi connectivity index (χ0) is 17.2. The van der Waals surface area contributed by atoms with E-state index in [9.17, 15) is 13.2 Å². The summed E-state index contributed by atoms with van der Waals surface area (Å²) in [4.78, 5) is 14.1. The van der Waals surface area contributed by atoms with Crippen LogP contribution in [-0.4, -0.2) is 42.5 Å². The number of aryl methyl sites for hydroxylation is 1. The second-order valence-electron chi connectivity index (χ2n) is 5.77. The van der Waals surface area contributed by atoms with E-state index in [-0.39, 0.29) is 22.3 Å². The van der Waals surface area contributed by atoms with Crippen LogP contribution in [0.3, 0.4) is 0 Å². The van der Waals surface area contributed by atoms with Gasteiger partial charge in [-0.15, -0.1) is 0 Å². The summed E-state index contributed by atoms with van der Waals surface area (Å²) in [7, 11) is -3.72. The number of benzene rings is 1. The van der Waals surface area contributed by atoms with Crippen molar-refractivity contribution in [2.24, 2.45) is 0 Å². The lowest BCUT2D eigenvalue weighted by Crippen LogP contribution is -2.27. The fourth-order valence-corrected chi connectivity index (χ4v) is 3.68. The van der Waals surface area contributed by atoms with E-state index in [2.05, 4.69) is 14.9 Å². The number of likely N-dealkylation sites (tertiary alicyclic amines) is 1. The Bertz CT molecular complexity index is 821. The third kappa shape index (κ3) is 3.43. The molecule has 1 aromatic heterocycles. The van der Waals surface area contributed by atoms with E-state index in [0.717, 1.165) is 37.9 Å². The Morgan fingerprint density at radius 1 is 1.25 bits per heavy atom. The lowest BCUT2D eigenvalue weighted by molar-refractivity contribution is 0.0787. The van der Waals surface area contributed by atoms with Gasteiger partial charge in [-0.05, 0) is 37.0 Å². The van der Waals surface area contributed by atoms with Crippen LogP contribution in [-0.2, 0) is 16.4 Å². The molecule has 3 rings (SSSR count). The predicted octanol–water partition coefficient (Wildman–Crippen LogP) is 2.01. The van der Waals surface area contributed by atoms with Crippen LogP contribution in [0.1, 0.15) is 35.8 Å². The van der Waals surface area contributed by atoms with Crippen LogP contribution >= 0.6 is 0 Å². The molecule has 1 saturated heterocycles. The number of carbonyl (C=O) groups is 1. The molecule has 0 spiro atoms. The molecule has 0 atom stereocenters. The van der Waals surface area contributed by atoms with Crippen LogP contribution in [0.5, 0.6) is 0 Å².